The van der Waals surface area contributed by atoms with E-state index in [1.165, 1.54) is 18.2 Å². The molecule has 152 valence electrons. The average Bonchev–Trinajstić information content (AvgIpc) is 2.97. The highest BCUT2D eigenvalue weighted by molar-refractivity contribution is 7.99. The fourth-order valence-electron chi connectivity index (χ4n) is 3.94. The Bertz CT molecular complexity index is 838. The van der Waals surface area contributed by atoms with Crippen LogP contribution in [0.25, 0.3) is 11.0 Å². The van der Waals surface area contributed by atoms with Crippen LogP contribution in [0.3, 0.4) is 0 Å². The molecule has 2 heterocycles. The minimum Gasteiger partial charge on any atom is -0.352 e. The minimum atomic E-state index is -0.0513. The number of carbonyl (C=O) groups is 2. The second-order valence-electron chi connectivity index (χ2n) is 7.91. The average molecular weight is 403 g/mol. The molecule has 1 aromatic carbocycles. The Morgan fingerprint density at radius 3 is 2.57 bits per heavy atom. The molecule has 7 heteroatoms. The zero-order chi connectivity index (χ0) is 20.3. The van der Waals surface area contributed by atoms with Gasteiger partial charge in [-0.25, -0.2) is 4.98 Å². The number of amides is 2. The highest BCUT2D eigenvalue weighted by Gasteiger charge is 2.29. The van der Waals surface area contributed by atoms with Gasteiger partial charge in [-0.3, -0.25) is 9.59 Å². The summed E-state index contributed by atoms with van der Waals surface area (Å²) in [7, 11) is 0. The van der Waals surface area contributed by atoms with Crippen LogP contribution in [0.2, 0.25) is 0 Å². The monoisotopic (exact) mass is 402 g/mol. The van der Waals surface area contributed by atoms with Crippen LogP contribution >= 0.6 is 11.8 Å². The summed E-state index contributed by atoms with van der Waals surface area (Å²) in [5, 5.41) is 3.64. The van der Waals surface area contributed by atoms with E-state index in [0.29, 0.717) is 10.9 Å². The summed E-state index contributed by atoms with van der Waals surface area (Å²) in [6, 6.07) is 8.43. The molecule has 3 rings (SSSR count). The number of likely N-dealkylation sites (tertiary alicyclic amines) is 1. The lowest BCUT2D eigenvalue weighted by molar-refractivity contribution is -0.134. The highest BCUT2D eigenvalue weighted by Crippen LogP contribution is 2.27. The van der Waals surface area contributed by atoms with E-state index in [4.69, 9.17) is 0 Å². The molecule has 2 atom stereocenters. The van der Waals surface area contributed by atoms with Crippen molar-refractivity contribution in [2.24, 2.45) is 0 Å². The second-order valence-corrected chi connectivity index (χ2v) is 8.85. The fourth-order valence-corrected chi connectivity index (χ4v) is 4.82. The fraction of sp³-hybridized carbons (Fsp3) is 0.571. The van der Waals surface area contributed by atoms with Gasteiger partial charge in [-0.2, -0.15) is 0 Å². The predicted molar refractivity (Wildman–Crippen MR) is 113 cm³/mol. The van der Waals surface area contributed by atoms with Crippen molar-refractivity contribution < 1.29 is 9.59 Å². The largest absolute Gasteiger partial charge is 0.352 e. The van der Waals surface area contributed by atoms with Gasteiger partial charge in [0.1, 0.15) is 6.54 Å². The van der Waals surface area contributed by atoms with E-state index in [1.807, 2.05) is 47.6 Å². The SMILES string of the molecule is CC(C)NC(=O)Cn1c(SCC(=O)N2[C@H](C)CCC[C@H]2C)nc2ccccc21. The summed E-state index contributed by atoms with van der Waals surface area (Å²) in [6.07, 6.45) is 3.31. The zero-order valence-corrected chi connectivity index (χ0v) is 18.0. The first-order valence-corrected chi connectivity index (χ1v) is 11.0. The molecule has 1 aliphatic heterocycles. The molecule has 1 aliphatic rings. The Morgan fingerprint density at radius 1 is 1.21 bits per heavy atom. The maximum atomic E-state index is 12.9. The van der Waals surface area contributed by atoms with E-state index in [1.54, 1.807) is 0 Å². The number of piperidine rings is 1. The number of rotatable bonds is 6. The third-order valence-corrected chi connectivity index (χ3v) is 6.14. The van der Waals surface area contributed by atoms with Gasteiger partial charge in [0.05, 0.1) is 16.8 Å². The molecule has 0 radical (unpaired) electrons. The molecule has 2 amide bonds. The van der Waals surface area contributed by atoms with Gasteiger partial charge in [0.15, 0.2) is 5.16 Å². The molecule has 0 spiro atoms. The van der Waals surface area contributed by atoms with Gasteiger partial charge in [-0.1, -0.05) is 23.9 Å². The number of aromatic nitrogens is 2. The van der Waals surface area contributed by atoms with E-state index in [2.05, 4.69) is 24.1 Å². The van der Waals surface area contributed by atoms with Gasteiger partial charge in [-0.05, 0) is 59.1 Å². The van der Waals surface area contributed by atoms with E-state index < -0.39 is 0 Å². The Balaban J connectivity index is 1.77. The summed E-state index contributed by atoms with van der Waals surface area (Å²) < 4.78 is 1.91. The van der Waals surface area contributed by atoms with E-state index in [0.717, 1.165) is 23.9 Å². The van der Waals surface area contributed by atoms with Crippen LogP contribution in [0.5, 0.6) is 0 Å². The molecule has 6 nitrogen and oxygen atoms in total. The Morgan fingerprint density at radius 2 is 1.89 bits per heavy atom. The van der Waals surface area contributed by atoms with Gasteiger partial charge in [-0.15, -0.1) is 0 Å². The van der Waals surface area contributed by atoms with E-state index in [-0.39, 0.29) is 36.5 Å². The Labute approximate surface area is 171 Å². The first-order valence-electron chi connectivity index (χ1n) is 10.1. The molecule has 2 aromatic rings. The molecule has 1 N–H and O–H groups in total. The van der Waals surface area contributed by atoms with Gasteiger partial charge >= 0.3 is 0 Å². The molecule has 1 fully saturated rings. The Kier molecular flexibility index (Phi) is 6.65. The van der Waals surface area contributed by atoms with Crippen LogP contribution < -0.4 is 5.32 Å². The highest BCUT2D eigenvalue weighted by atomic mass is 32.2. The van der Waals surface area contributed by atoms with E-state index in [9.17, 15) is 9.59 Å². The van der Waals surface area contributed by atoms with Gasteiger partial charge in [0, 0.05) is 18.1 Å². The second kappa shape index (κ2) is 8.99. The van der Waals surface area contributed by atoms with Crippen molar-refractivity contribution in [3.05, 3.63) is 24.3 Å². The number of thioether (sulfide) groups is 1. The normalized spacial score (nSPS) is 20.0. The van der Waals surface area contributed by atoms with Crippen molar-refractivity contribution in [2.45, 2.75) is 76.8 Å². The summed E-state index contributed by atoms with van der Waals surface area (Å²) in [5.74, 6) is 0.434. The summed E-state index contributed by atoms with van der Waals surface area (Å²) in [5.41, 5.74) is 1.76. The van der Waals surface area contributed by atoms with Crippen molar-refractivity contribution in [2.75, 3.05) is 5.75 Å². The van der Waals surface area contributed by atoms with Crippen LogP contribution in [0.1, 0.15) is 47.0 Å². The lowest BCUT2D eigenvalue weighted by Gasteiger charge is -2.39. The maximum absolute atomic E-state index is 12.9. The van der Waals surface area contributed by atoms with Crippen LogP contribution in [0.4, 0.5) is 0 Å². The lowest BCUT2D eigenvalue weighted by atomic mass is 9.98. The van der Waals surface area contributed by atoms with Crippen molar-refractivity contribution >= 4 is 34.6 Å². The zero-order valence-electron chi connectivity index (χ0n) is 17.1. The number of fused-ring (bicyclic) bond motifs is 1. The molecule has 1 saturated heterocycles. The van der Waals surface area contributed by atoms with Crippen molar-refractivity contribution in [3.63, 3.8) is 0 Å². The van der Waals surface area contributed by atoms with Crippen LogP contribution in [-0.4, -0.2) is 50.1 Å². The third-order valence-electron chi connectivity index (χ3n) is 5.18. The standard InChI is InChI=1S/C21H30N4O2S/c1-14(2)22-19(26)12-24-18-11-6-5-10-17(18)23-21(24)28-13-20(27)25-15(3)8-7-9-16(25)4/h5-6,10-11,14-16H,7-9,12-13H2,1-4H3,(H,22,26)/t15-,16-/m1/s1. The number of nitrogens with one attached hydrogen (secondary N) is 1. The quantitative estimate of drug-likeness (QED) is 0.752. The molecule has 0 bridgehead atoms. The summed E-state index contributed by atoms with van der Waals surface area (Å²) >= 11 is 1.42. The number of hydrogen-bond donors (Lipinski definition) is 1. The minimum absolute atomic E-state index is 0.0513. The first-order chi connectivity index (χ1) is 13.4. The number of hydrogen-bond acceptors (Lipinski definition) is 4. The number of benzene rings is 1. The van der Waals surface area contributed by atoms with Crippen LogP contribution in [0, 0.1) is 0 Å². The van der Waals surface area contributed by atoms with Gasteiger partial charge in [0.25, 0.3) is 0 Å². The number of nitrogens with zero attached hydrogens (tertiary/aromatic N) is 3. The van der Waals surface area contributed by atoms with Gasteiger partial charge < -0.3 is 14.8 Å². The molecule has 0 saturated carbocycles. The maximum Gasteiger partial charge on any atom is 0.240 e. The topological polar surface area (TPSA) is 67.2 Å². The molecule has 0 unspecified atom stereocenters. The molecule has 28 heavy (non-hydrogen) atoms. The number of para-hydroxylation sites is 2. The Hall–Kier alpha value is -2.02. The lowest BCUT2D eigenvalue weighted by Crippen LogP contribution is -2.48. The summed E-state index contributed by atoms with van der Waals surface area (Å²) in [6.45, 7) is 8.34. The third kappa shape index (κ3) is 4.69. The molecule has 0 aliphatic carbocycles. The molecular weight excluding hydrogens is 372 g/mol. The smallest absolute Gasteiger partial charge is 0.240 e. The van der Waals surface area contributed by atoms with Crippen molar-refractivity contribution in [3.8, 4) is 0 Å². The molecular formula is C21H30N4O2S. The van der Waals surface area contributed by atoms with E-state index >= 15 is 0 Å². The number of imidazole rings is 1. The van der Waals surface area contributed by atoms with Crippen molar-refractivity contribution in [1.29, 1.82) is 0 Å². The number of carbonyl (C=O) groups excluding carboxylic acids is 2. The first kappa shape index (κ1) is 20.7. The molecule has 1 aromatic heterocycles. The van der Waals surface area contributed by atoms with Crippen LogP contribution in [0.15, 0.2) is 29.4 Å². The predicted octanol–water partition coefficient (Wildman–Crippen LogP) is 3.44. The van der Waals surface area contributed by atoms with Crippen molar-refractivity contribution in [1.82, 2.24) is 19.8 Å². The van der Waals surface area contributed by atoms with Crippen LogP contribution in [-0.2, 0) is 16.1 Å². The summed E-state index contributed by atoms with van der Waals surface area (Å²) in [4.78, 5) is 31.9. The van der Waals surface area contributed by atoms with Gasteiger partial charge in [0.2, 0.25) is 11.8 Å².